The van der Waals surface area contributed by atoms with E-state index in [-0.39, 0.29) is 17.1 Å². The molecule has 0 radical (unpaired) electrons. The van der Waals surface area contributed by atoms with Gasteiger partial charge in [0.2, 0.25) is 10.0 Å². The van der Waals surface area contributed by atoms with Crippen molar-refractivity contribution < 1.29 is 25.6 Å². The first kappa shape index (κ1) is 18.3. The van der Waals surface area contributed by atoms with Crippen LogP contribution < -0.4 is 9.44 Å². The number of rotatable bonds is 6. The van der Waals surface area contributed by atoms with Crippen LogP contribution in [0.5, 0.6) is 0 Å². The first-order valence-corrected chi connectivity index (χ1v) is 9.70. The lowest BCUT2D eigenvalue weighted by Crippen LogP contribution is -2.23. The van der Waals surface area contributed by atoms with Crippen LogP contribution in [0.3, 0.4) is 0 Å². The number of hydrogen-bond donors (Lipinski definition) is 2. The van der Waals surface area contributed by atoms with Crippen molar-refractivity contribution in [3.05, 3.63) is 54.1 Å². The van der Waals surface area contributed by atoms with Crippen LogP contribution in [0, 0.1) is 11.6 Å². The molecule has 0 aromatic heterocycles. The third kappa shape index (κ3) is 4.08. The summed E-state index contributed by atoms with van der Waals surface area (Å²) >= 11 is 0. The molecule has 0 bridgehead atoms. The molecule has 6 nitrogen and oxygen atoms in total. The molecule has 0 aliphatic rings. The minimum atomic E-state index is -4.36. The Kier molecular flexibility index (Phi) is 5.21. The Balaban J connectivity index is 2.29. The molecule has 0 atom stereocenters. The second kappa shape index (κ2) is 6.83. The molecule has 130 valence electrons. The van der Waals surface area contributed by atoms with E-state index in [1.807, 2.05) is 0 Å². The highest BCUT2D eigenvalue weighted by Crippen LogP contribution is 2.21. The molecule has 0 saturated carbocycles. The SMILES string of the molecule is CCNS(=O)(=O)c1ccc(NS(=O)(=O)c2cc(F)ccc2F)cc1. The van der Waals surface area contributed by atoms with E-state index in [0.717, 1.165) is 6.07 Å². The van der Waals surface area contributed by atoms with Gasteiger partial charge < -0.3 is 0 Å². The summed E-state index contributed by atoms with van der Waals surface area (Å²) in [6.45, 7) is 1.82. The summed E-state index contributed by atoms with van der Waals surface area (Å²) < 4.78 is 78.9. The molecule has 0 fully saturated rings. The standard InChI is InChI=1S/C14H14F2N2O4S2/c1-2-17-23(19,20)12-6-4-11(5-7-12)18-24(21,22)14-9-10(15)3-8-13(14)16/h3-9,17-18H,2H2,1H3. The van der Waals surface area contributed by atoms with Crippen molar-refractivity contribution in [1.82, 2.24) is 4.72 Å². The molecule has 0 amide bonds. The predicted octanol–water partition coefficient (Wildman–Crippen LogP) is 2.06. The van der Waals surface area contributed by atoms with Gasteiger partial charge in [0.25, 0.3) is 10.0 Å². The van der Waals surface area contributed by atoms with Crippen LogP contribution in [-0.4, -0.2) is 23.4 Å². The van der Waals surface area contributed by atoms with Crippen LogP contribution in [-0.2, 0) is 20.0 Å². The molecule has 2 aromatic carbocycles. The van der Waals surface area contributed by atoms with Crippen LogP contribution >= 0.6 is 0 Å². The molecule has 0 saturated heterocycles. The quantitative estimate of drug-likeness (QED) is 0.807. The maximum Gasteiger partial charge on any atom is 0.264 e. The summed E-state index contributed by atoms with van der Waals surface area (Å²) in [4.78, 5) is -0.893. The first-order valence-electron chi connectivity index (χ1n) is 6.73. The third-order valence-electron chi connectivity index (χ3n) is 2.93. The molecular weight excluding hydrogens is 362 g/mol. The Morgan fingerprint density at radius 3 is 2.12 bits per heavy atom. The third-order valence-corrected chi connectivity index (χ3v) is 5.89. The van der Waals surface area contributed by atoms with E-state index < -0.39 is 36.6 Å². The van der Waals surface area contributed by atoms with E-state index in [0.29, 0.717) is 12.1 Å². The number of sulfonamides is 2. The van der Waals surface area contributed by atoms with Crippen molar-refractivity contribution in [3.63, 3.8) is 0 Å². The summed E-state index contributed by atoms with van der Waals surface area (Å²) in [7, 11) is -8.03. The van der Waals surface area contributed by atoms with Gasteiger partial charge in [-0.2, -0.15) is 0 Å². The summed E-state index contributed by atoms with van der Waals surface area (Å²) in [6, 6.07) is 6.86. The second-order valence-electron chi connectivity index (χ2n) is 4.71. The Morgan fingerprint density at radius 1 is 0.917 bits per heavy atom. The summed E-state index contributed by atoms with van der Waals surface area (Å²) in [5.41, 5.74) is 0.00843. The van der Waals surface area contributed by atoms with Crippen molar-refractivity contribution >= 4 is 25.7 Å². The molecule has 10 heteroatoms. The van der Waals surface area contributed by atoms with Gasteiger partial charge in [-0.25, -0.2) is 30.3 Å². The Labute approximate surface area is 138 Å². The van der Waals surface area contributed by atoms with Crippen molar-refractivity contribution in [2.24, 2.45) is 0 Å². The van der Waals surface area contributed by atoms with E-state index in [1.54, 1.807) is 6.92 Å². The van der Waals surface area contributed by atoms with Gasteiger partial charge in [-0.1, -0.05) is 6.92 Å². The van der Waals surface area contributed by atoms with Crippen molar-refractivity contribution in [1.29, 1.82) is 0 Å². The molecule has 0 aliphatic heterocycles. The molecule has 0 unspecified atom stereocenters. The maximum atomic E-state index is 13.6. The van der Waals surface area contributed by atoms with Gasteiger partial charge in [0.15, 0.2) is 0 Å². The fourth-order valence-corrected chi connectivity index (χ4v) is 4.06. The monoisotopic (exact) mass is 376 g/mol. The Bertz CT molecular complexity index is 943. The first-order chi connectivity index (χ1) is 11.2. The van der Waals surface area contributed by atoms with E-state index in [1.165, 1.54) is 24.3 Å². The van der Waals surface area contributed by atoms with Gasteiger partial charge in [-0.3, -0.25) is 4.72 Å². The highest BCUT2D eigenvalue weighted by molar-refractivity contribution is 7.92. The lowest BCUT2D eigenvalue weighted by atomic mass is 10.3. The zero-order valence-electron chi connectivity index (χ0n) is 12.5. The highest BCUT2D eigenvalue weighted by Gasteiger charge is 2.20. The highest BCUT2D eigenvalue weighted by atomic mass is 32.2. The molecule has 2 aromatic rings. The van der Waals surface area contributed by atoms with E-state index in [4.69, 9.17) is 0 Å². The average molecular weight is 376 g/mol. The van der Waals surface area contributed by atoms with Gasteiger partial charge in [0, 0.05) is 12.2 Å². The lowest BCUT2D eigenvalue weighted by Gasteiger charge is -2.10. The molecular formula is C14H14F2N2O4S2. The number of halogens is 2. The van der Waals surface area contributed by atoms with Crippen molar-refractivity contribution in [2.45, 2.75) is 16.7 Å². The van der Waals surface area contributed by atoms with E-state index in [2.05, 4.69) is 9.44 Å². The molecule has 2 rings (SSSR count). The largest absolute Gasteiger partial charge is 0.280 e. The fourth-order valence-electron chi connectivity index (χ4n) is 1.87. The van der Waals surface area contributed by atoms with Crippen LogP contribution in [0.15, 0.2) is 52.3 Å². The number of benzene rings is 2. The van der Waals surface area contributed by atoms with Crippen molar-refractivity contribution in [2.75, 3.05) is 11.3 Å². The fraction of sp³-hybridized carbons (Fsp3) is 0.143. The second-order valence-corrected chi connectivity index (χ2v) is 8.12. The molecule has 0 heterocycles. The smallest absolute Gasteiger partial charge is 0.264 e. The molecule has 2 N–H and O–H groups in total. The van der Waals surface area contributed by atoms with Crippen LogP contribution in [0.4, 0.5) is 14.5 Å². The van der Waals surface area contributed by atoms with Gasteiger partial charge in [0.1, 0.15) is 16.5 Å². The summed E-state index contributed by atoms with van der Waals surface area (Å²) in [6.07, 6.45) is 0. The predicted molar refractivity (Wildman–Crippen MR) is 84.5 cm³/mol. The number of nitrogens with one attached hydrogen (secondary N) is 2. The maximum absolute atomic E-state index is 13.6. The molecule has 0 aliphatic carbocycles. The molecule has 0 spiro atoms. The average Bonchev–Trinajstić information content (AvgIpc) is 2.49. The lowest BCUT2D eigenvalue weighted by molar-refractivity contribution is 0.555. The zero-order valence-corrected chi connectivity index (χ0v) is 14.1. The van der Waals surface area contributed by atoms with Crippen molar-refractivity contribution in [3.8, 4) is 0 Å². The summed E-state index contributed by atoms with van der Waals surface area (Å²) in [5, 5.41) is 0. The normalized spacial score (nSPS) is 12.1. The minimum absolute atomic E-state index is 0.00843. The van der Waals surface area contributed by atoms with Gasteiger partial charge in [-0.15, -0.1) is 0 Å². The van der Waals surface area contributed by atoms with Crippen LogP contribution in [0.1, 0.15) is 6.92 Å². The number of anilines is 1. The van der Waals surface area contributed by atoms with Crippen LogP contribution in [0.25, 0.3) is 0 Å². The van der Waals surface area contributed by atoms with E-state index in [9.17, 15) is 25.6 Å². The van der Waals surface area contributed by atoms with Gasteiger partial charge in [0.05, 0.1) is 4.90 Å². The Hall–Kier alpha value is -2.04. The Morgan fingerprint density at radius 2 is 1.54 bits per heavy atom. The van der Waals surface area contributed by atoms with E-state index >= 15 is 0 Å². The van der Waals surface area contributed by atoms with Gasteiger partial charge >= 0.3 is 0 Å². The topological polar surface area (TPSA) is 92.3 Å². The minimum Gasteiger partial charge on any atom is -0.280 e. The zero-order chi connectivity index (χ0) is 18.0. The molecule has 24 heavy (non-hydrogen) atoms. The number of hydrogen-bond acceptors (Lipinski definition) is 4. The summed E-state index contributed by atoms with van der Waals surface area (Å²) in [5.74, 6) is -2.00. The van der Waals surface area contributed by atoms with Crippen LogP contribution in [0.2, 0.25) is 0 Å². The van der Waals surface area contributed by atoms with Gasteiger partial charge in [-0.05, 0) is 42.5 Å².